The van der Waals surface area contributed by atoms with Crippen molar-refractivity contribution in [2.75, 3.05) is 60.4 Å². The van der Waals surface area contributed by atoms with E-state index in [1.165, 1.54) is 5.69 Å². The van der Waals surface area contributed by atoms with Crippen molar-refractivity contribution in [2.24, 2.45) is 0 Å². The summed E-state index contributed by atoms with van der Waals surface area (Å²) >= 11 is 0. The fourth-order valence-corrected chi connectivity index (χ4v) is 5.40. The van der Waals surface area contributed by atoms with E-state index in [-0.39, 0.29) is 6.03 Å². The predicted octanol–water partition coefficient (Wildman–Crippen LogP) is 5.27. The maximum atomic E-state index is 14.1. The fraction of sp³-hybridized carbons (Fsp3) is 0.290. The third-order valence-electron chi connectivity index (χ3n) is 7.69. The van der Waals surface area contributed by atoms with E-state index in [1.807, 2.05) is 44.2 Å². The lowest BCUT2D eigenvalue weighted by Crippen LogP contribution is -2.46. The van der Waals surface area contributed by atoms with Crippen molar-refractivity contribution < 1.29 is 9.53 Å². The lowest BCUT2D eigenvalue weighted by atomic mass is 10.1. The molecule has 210 valence electrons. The number of amides is 2. The van der Waals surface area contributed by atoms with E-state index in [9.17, 15) is 4.79 Å². The molecule has 0 unspecified atom stereocenters. The molecule has 0 radical (unpaired) electrons. The number of aryl methyl sites for hydroxylation is 2. The van der Waals surface area contributed by atoms with Gasteiger partial charge in [0.15, 0.2) is 5.82 Å². The molecule has 2 aromatic heterocycles. The molecule has 6 rings (SSSR count). The molecule has 41 heavy (non-hydrogen) atoms. The van der Waals surface area contributed by atoms with E-state index in [4.69, 9.17) is 9.72 Å². The number of carbonyl (C=O) groups excluding carboxylic acids is 1. The zero-order chi connectivity index (χ0) is 28.5. The summed E-state index contributed by atoms with van der Waals surface area (Å²) < 4.78 is 5.29. The second-order valence-corrected chi connectivity index (χ2v) is 10.5. The number of pyridine rings is 1. The number of anilines is 6. The zero-order valence-corrected chi connectivity index (χ0v) is 23.8. The molecule has 1 fully saturated rings. The number of nitrogens with one attached hydrogen (secondary N) is 1. The Morgan fingerprint density at radius 2 is 1.61 bits per heavy atom. The molecule has 0 spiro atoms. The highest BCUT2D eigenvalue weighted by Gasteiger charge is 2.36. The minimum atomic E-state index is -0.228. The SMILES string of the molecule is COc1ccc(N2C(=O)N(c3c(C)cccc3C)Cc3cnc(Nc4ccc(N5CCN(C)CC5)cc4)nc32)nc1. The van der Waals surface area contributed by atoms with Gasteiger partial charge in [0.1, 0.15) is 11.6 Å². The molecular formula is C31H34N8O2. The van der Waals surface area contributed by atoms with Gasteiger partial charge in [0.2, 0.25) is 5.95 Å². The maximum absolute atomic E-state index is 14.1. The molecule has 0 atom stereocenters. The molecule has 4 aromatic rings. The molecule has 2 aliphatic heterocycles. The van der Waals surface area contributed by atoms with Crippen LogP contribution in [-0.4, -0.2) is 66.2 Å². The first-order valence-corrected chi connectivity index (χ1v) is 13.8. The van der Waals surface area contributed by atoms with Crippen molar-refractivity contribution in [3.8, 4) is 5.75 Å². The molecule has 2 aromatic carbocycles. The molecule has 4 heterocycles. The van der Waals surface area contributed by atoms with Crippen LogP contribution in [0.4, 0.5) is 39.4 Å². The average Bonchev–Trinajstić information content (AvgIpc) is 2.98. The topological polar surface area (TPSA) is 90.0 Å². The second-order valence-electron chi connectivity index (χ2n) is 10.5. The van der Waals surface area contributed by atoms with E-state index < -0.39 is 0 Å². The molecule has 2 amide bonds. The average molecular weight is 551 g/mol. The van der Waals surface area contributed by atoms with Gasteiger partial charge in [-0.3, -0.25) is 4.90 Å². The Labute approximate surface area is 240 Å². The Kier molecular flexibility index (Phi) is 7.15. The third kappa shape index (κ3) is 5.26. The molecule has 1 saturated heterocycles. The Morgan fingerprint density at radius 1 is 0.878 bits per heavy atom. The van der Waals surface area contributed by atoms with Gasteiger partial charge < -0.3 is 19.9 Å². The van der Waals surface area contributed by atoms with Gasteiger partial charge in [-0.15, -0.1) is 0 Å². The van der Waals surface area contributed by atoms with Gasteiger partial charge in [-0.05, 0) is 68.4 Å². The van der Waals surface area contributed by atoms with Gasteiger partial charge in [-0.25, -0.2) is 19.7 Å². The fourth-order valence-electron chi connectivity index (χ4n) is 5.40. The van der Waals surface area contributed by atoms with Crippen LogP contribution in [-0.2, 0) is 6.54 Å². The number of urea groups is 1. The first-order chi connectivity index (χ1) is 19.9. The van der Waals surface area contributed by atoms with E-state index in [0.717, 1.165) is 54.2 Å². The summed E-state index contributed by atoms with van der Waals surface area (Å²) in [6.07, 6.45) is 3.38. The monoisotopic (exact) mass is 550 g/mol. The van der Waals surface area contributed by atoms with Crippen molar-refractivity contribution >= 4 is 40.7 Å². The summed E-state index contributed by atoms with van der Waals surface area (Å²) in [4.78, 5) is 36.1. The van der Waals surface area contributed by atoms with Gasteiger partial charge >= 0.3 is 6.03 Å². The number of piperazine rings is 1. The number of hydrogen-bond donors (Lipinski definition) is 1. The number of benzene rings is 2. The van der Waals surface area contributed by atoms with Crippen LogP contribution in [0.15, 0.2) is 67.0 Å². The lowest BCUT2D eigenvalue weighted by Gasteiger charge is -2.36. The number of carbonyl (C=O) groups is 1. The van der Waals surface area contributed by atoms with Crippen molar-refractivity contribution in [1.29, 1.82) is 0 Å². The Balaban J connectivity index is 1.32. The highest BCUT2D eigenvalue weighted by molar-refractivity contribution is 6.10. The quantitative estimate of drug-likeness (QED) is 0.347. The molecular weight excluding hydrogens is 516 g/mol. The first kappa shape index (κ1) is 26.5. The van der Waals surface area contributed by atoms with E-state index >= 15 is 0 Å². The number of fused-ring (bicyclic) bond motifs is 1. The summed E-state index contributed by atoms with van der Waals surface area (Å²) in [6, 6.07) is 17.7. The van der Waals surface area contributed by atoms with Crippen LogP contribution in [0.2, 0.25) is 0 Å². The zero-order valence-electron chi connectivity index (χ0n) is 23.8. The number of para-hydroxylation sites is 1. The number of hydrogen-bond acceptors (Lipinski definition) is 8. The third-order valence-corrected chi connectivity index (χ3v) is 7.69. The number of ether oxygens (including phenoxy) is 1. The van der Waals surface area contributed by atoms with Gasteiger partial charge in [0, 0.05) is 49.3 Å². The minimum Gasteiger partial charge on any atom is -0.495 e. The number of nitrogens with zero attached hydrogens (tertiary/aromatic N) is 7. The smallest absolute Gasteiger partial charge is 0.336 e. The maximum Gasteiger partial charge on any atom is 0.336 e. The van der Waals surface area contributed by atoms with Crippen LogP contribution in [0.5, 0.6) is 5.75 Å². The summed E-state index contributed by atoms with van der Waals surface area (Å²) in [5.41, 5.74) is 5.80. The Morgan fingerprint density at radius 3 is 2.27 bits per heavy atom. The number of rotatable bonds is 6. The van der Waals surface area contributed by atoms with Crippen LogP contribution in [0.3, 0.4) is 0 Å². The number of methoxy groups -OCH3 is 1. The highest BCUT2D eigenvalue weighted by atomic mass is 16.5. The van der Waals surface area contributed by atoms with Crippen LogP contribution in [0.1, 0.15) is 16.7 Å². The molecule has 0 aliphatic carbocycles. The number of aromatic nitrogens is 3. The molecule has 2 aliphatic rings. The van der Waals surface area contributed by atoms with Crippen LogP contribution in [0.25, 0.3) is 0 Å². The Bertz CT molecular complexity index is 1530. The van der Waals surface area contributed by atoms with Crippen molar-refractivity contribution in [1.82, 2.24) is 19.9 Å². The molecule has 10 nitrogen and oxygen atoms in total. The normalized spacial score (nSPS) is 15.6. The largest absolute Gasteiger partial charge is 0.495 e. The van der Waals surface area contributed by atoms with Crippen LogP contribution < -0.4 is 24.8 Å². The summed E-state index contributed by atoms with van der Waals surface area (Å²) in [5, 5.41) is 3.32. The first-order valence-electron chi connectivity index (χ1n) is 13.8. The van der Waals surface area contributed by atoms with Crippen LogP contribution in [0, 0.1) is 13.8 Å². The predicted molar refractivity (Wildman–Crippen MR) is 162 cm³/mol. The van der Waals surface area contributed by atoms with E-state index in [0.29, 0.717) is 29.9 Å². The van der Waals surface area contributed by atoms with Crippen LogP contribution >= 0.6 is 0 Å². The van der Waals surface area contributed by atoms with Crippen molar-refractivity contribution in [3.05, 3.63) is 83.7 Å². The molecule has 0 saturated carbocycles. The summed E-state index contributed by atoms with van der Waals surface area (Å²) in [7, 11) is 3.74. The molecule has 0 bridgehead atoms. The van der Waals surface area contributed by atoms with E-state index in [2.05, 4.69) is 44.3 Å². The summed E-state index contributed by atoms with van der Waals surface area (Å²) in [6.45, 7) is 8.52. The van der Waals surface area contributed by atoms with E-state index in [1.54, 1.807) is 41.4 Å². The van der Waals surface area contributed by atoms with Gasteiger partial charge in [0.05, 0.1) is 25.5 Å². The summed E-state index contributed by atoms with van der Waals surface area (Å²) in [5.74, 6) is 1.97. The minimum absolute atomic E-state index is 0.228. The highest BCUT2D eigenvalue weighted by Crippen LogP contribution is 2.38. The standard InChI is InChI=1S/C31H34N8O2/c1-21-6-5-7-22(2)28(21)38-20-23-18-33-30(34-24-8-10-25(11-9-24)37-16-14-36(3)15-17-37)35-29(23)39(31(38)40)27-13-12-26(41-4)19-32-27/h5-13,18-19H,14-17,20H2,1-4H3,(H,33,34,35). The van der Waals surface area contributed by atoms with Crippen molar-refractivity contribution in [3.63, 3.8) is 0 Å². The second kappa shape index (κ2) is 11.1. The molecule has 10 heteroatoms. The number of likely N-dealkylation sites (N-methyl/N-ethyl adjacent to an activating group) is 1. The van der Waals surface area contributed by atoms with Gasteiger partial charge in [0.25, 0.3) is 0 Å². The molecule has 1 N–H and O–H groups in total. The Hall–Kier alpha value is -4.70. The van der Waals surface area contributed by atoms with Crippen molar-refractivity contribution in [2.45, 2.75) is 20.4 Å². The van der Waals surface area contributed by atoms with Gasteiger partial charge in [-0.1, -0.05) is 18.2 Å². The van der Waals surface area contributed by atoms with Gasteiger partial charge in [-0.2, -0.15) is 4.98 Å². The lowest BCUT2D eigenvalue weighted by molar-refractivity contribution is 0.252.